The zero-order valence-electron chi connectivity index (χ0n) is 11.4. The van der Waals surface area contributed by atoms with Gasteiger partial charge in [-0.15, -0.1) is 0 Å². The van der Waals surface area contributed by atoms with Crippen LogP contribution in [0.5, 0.6) is 0 Å². The molecule has 0 aliphatic carbocycles. The average molecular weight is 283 g/mol. The Morgan fingerprint density at radius 3 is 2.60 bits per heavy atom. The van der Waals surface area contributed by atoms with E-state index in [9.17, 15) is 0 Å². The summed E-state index contributed by atoms with van der Waals surface area (Å²) in [4.78, 5) is 6.97. The molecule has 3 nitrogen and oxygen atoms in total. The molecule has 2 aromatic carbocycles. The maximum atomic E-state index is 6.03. The van der Waals surface area contributed by atoms with E-state index in [2.05, 4.69) is 36.1 Å². The Kier molecular flexibility index (Phi) is 3.56. The van der Waals surface area contributed by atoms with Crippen LogP contribution in [-0.2, 0) is 6.54 Å². The Balaban J connectivity index is 1.91. The van der Waals surface area contributed by atoms with Crippen molar-refractivity contribution in [1.29, 1.82) is 0 Å². The first-order chi connectivity index (χ1) is 9.78. The Morgan fingerprint density at radius 1 is 1.10 bits per heavy atom. The summed E-state index contributed by atoms with van der Waals surface area (Å²) >= 11 is 1.73. The second-order valence-corrected chi connectivity index (χ2v) is 5.69. The third-order valence-corrected chi connectivity index (χ3v) is 4.45. The van der Waals surface area contributed by atoms with Crippen LogP contribution in [0.2, 0.25) is 0 Å². The number of rotatable bonds is 4. The summed E-state index contributed by atoms with van der Waals surface area (Å²) in [7, 11) is 0. The molecule has 4 heteroatoms. The van der Waals surface area contributed by atoms with Gasteiger partial charge in [0.2, 0.25) is 0 Å². The van der Waals surface area contributed by atoms with Gasteiger partial charge in [0.1, 0.15) is 0 Å². The van der Waals surface area contributed by atoms with Crippen molar-refractivity contribution in [3.63, 3.8) is 0 Å². The monoisotopic (exact) mass is 283 g/mol. The number of aromatic nitrogens is 1. The molecule has 0 saturated heterocycles. The lowest BCUT2D eigenvalue weighted by Crippen LogP contribution is -2.22. The van der Waals surface area contributed by atoms with E-state index in [0.29, 0.717) is 0 Å². The summed E-state index contributed by atoms with van der Waals surface area (Å²) in [5, 5.41) is 1.05. The summed E-state index contributed by atoms with van der Waals surface area (Å²) in [6.07, 6.45) is 0. The molecule has 0 bridgehead atoms. The Labute approximate surface area is 122 Å². The van der Waals surface area contributed by atoms with Gasteiger partial charge in [0.05, 0.1) is 10.2 Å². The number of benzene rings is 2. The van der Waals surface area contributed by atoms with Crippen LogP contribution in [0.4, 0.5) is 10.8 Å². The van der Waals surface area contributed by atoms with E-state index in [1.807, 2.05) is 24.3 Å². The van der Waals surface area contributed by atoms with E-state index in [1.165, 1.54) is 4.70 Å². The number of anilines is 2. The highest BCUT2D eigenvalue weighted by Gasteiger charge is 2.12. The Morgan fingerprint density at radius 2 is 1.85 bits per heavy atom. The van der Waals surface area contributed by atoms with Crippen LogP contribution in [0.1, 0.15) is 12.5 Å². The van der Waals surface area contributed by atoms with E-state index in [-0.39, 0.29) is 0 Å². The SMILES string of the molecule is CCN(Cc1ccccc1N)c1nc2ccccc2s1. The lowest BCUT2D eigenvalue weighted by Gasteiger charge is -2.20. The van der Waals surface area contributed by atoms with Gasteiger partial charge in [0.15, 0.2) is 5.13 Å². The number of nitrogen functional groups attached to an aromatic ring is 1. The fraction of sp³-hybridized carbons (Fsp3) is 0.188. The quantitative estimate of drug-likeness (QED) is 0.738. The van der Waals surface area contributed by atoms with Crippen molar-refractivity contribution in [1.82, 2.24) is 4.98 Å². The molecular formula is C16H17N3S. The molecule has 0 aliphatic heterocycles. The van der Waals surface area contributed by atoms with Gasteiger partial charge < -0.3 is 10.6 Å². The van der Waals surface area contributed by atoms with Crippen LogP contribution in [-0.4, -0.2) is 11.5 Å². The molecule has 102 valence electrons. The minimum absolute atomic E-state index is 0.795. The summed E-state index contributed by atoms with van der Waals surface area (Å²) in [5.74, 6) is 0. The Bertz CT molecular complexity index is 687. The van der Waals surface area contributed by atoms with Crippen molar-refractivity contribution in [3.8, 4) is 0 Å². The van der Waals surface area contributed by atoms with E-state index in [4.69, 9.17) is 10.7 Å². The highest BCUT2D eigenvalue weighted by Crippen LogP contribution is 2.29. The molecule has 0 unspecified atom stereocenters. The third-order valence-electron chi connectivity index (χ3n) is 3.35. The standard InChI is InChI=1S/C16H17N3S/c1-2-19(11-12-7-3-4-8-13(12)17)16-18-14-9-5-6-10-15(14)20-16/h3-10H,2,11,17H2,1H3. The molecule has 0 radical (unpaired) electrons. The predicted octanol–water partition coefficient (Wildman–Crippen LogP) is 3.91. The molecule has 1 heterocycles. The maximum absolute atomic E-state index is 6.03. The number of thiazole rings is 1. The largest absolute Gasteiger partial charge is 0.398 e. The first-order valence-corrected chi connectivity index (χ1v) is 7.53. The van der Waals surface area contributed by atoms with Gasteiger partial charge in [-0.2, -0.15) is 0 Å². The Hall–Kier alpha value is -2.07. The number of nitrogens with two attached hydrogens (primary N) is 1. The first-order valence-electron chi connectivity index (χ1n) is 6.72. The third kappa shape index (κ3) is 2.47. The van der Waals surface area contributed by atoms with E-state index >= 15 is 0 Å². The van der Waals surface area contributed by atoms with Crippen LogP contribution >= 0.6 is 11.3 Å². The number of fused-ring (bicyclic) bond motifs is 1. The number of para-hydroxylation sites is 2. The minimum Gasteiger partial charge on any atom is -0.398 e. The second kappa shape index (κ2) is 5.51. The topological polar surface area (TPSA) is 42.1 Å². The van der Waals surface area contributed by atoms with Crippen LogP contribution in [0.25, 0.3) is 10.2 Å². The second-order valence-electron chi connectivity index (χ2n) is 4.68. The zero-order chi connectivity index (χ0) is 13.9. The highest BCUT2D eigenvalue weighted by atomic mass is 32.1. The molecule has 3 rings (SSSR count). The van der Waals surface area contributed by atoms with Gasteiger partial charge in [-0.25, -0.2) is 4.98 Å². The molecule has 0 aliphatic rings. The molecule has 0 spiro atoms. The van der Waals surface area contributed by atoms with Gasteiger partial charge in [-0.3, -0.25) is 0 Å². The zero-order valence-corrected chi connectivity index (χ0v) is 12.2. The molecule has 3 aromatic rings. The van der Waals surface area contributed by atoms with Crippen LogP contribution in [0, 0.1) is 0 Å². The average Bonchev–Trinajstić information content (AvgIpc) is 2.90. The van der Waals surface area contributed by atoms with Crippen LogP contribution < -0.4 is 10.6 Å². The van der Waals surface area contributed by atoms with Crippen molar-refractivity contribution in [2.45, 2.75) is 13.5 Å². The van der Waals surface area contributed by atoms with Crippen LogP contribution in [0.15, 0.2) is 48.5 Å². The van der Waals surface area contributed by atoms with E-state index in [0.717, 1.165) is 35.0 Å². The fourth-order valence-electron chi connectivity index (χ4n) is 2.19. The fourth-order valence-corrected chi connectivity index (χ4v) is 3.22. The van der Waals surface area contributed by atoms with Crippen molar-refractivity contribution < 1.29 is 0 Å². The molecular weight excluding hydrogens is 266 g/mol. The molecule has 0 amide bonds. The van der Waals surface area contributed by atoms with Crippen molar-refractivity contribution in [2.75, 3.05) is 17.2 Å². The van der Waals surface area contributed by atoms with Gasteiger partial charge in [-0.05, 0) is 30.7 Å². The normalized spacial score (nSPS) is 10.8. The molecule has 2 N–H and O–H groups in total. The molecule has 0 atom stereocenters. The maximum Gasteiger partial charge on any atom is 0.186 e. The highest BCUT2D eigenvalue weighted by molar-refractivity contribution is 7.22. The van der Waals surface area contributed by atoms with Crippen molar-refractivity contribution >= 4 is 32.4 Å². The smallest absolute Gasteiger partial charge is 0.186 e. The van der Waals surface area contributed by atoms with Gasteiger partial charge >= 0.3 is 0 Å². The van der Waals surface area contributed by atoms with Crippen molar-refractivity contribution in [3.05, 3.63) is 54.1 Å². The van der Waals surface area contributed by atoms with Gasteiger partial charge in [0.25, 0.3) is 0 Å². The lowest BCUT2D eigenvalue weighted by atomic mass is 10.2. The first kappa shape index (κ1) is 12.9. The molecule has 20 heavy (non-hydrogen) atoms. The van der Waals surface area contributed by atoms with E-state index in [1.54, 1.807) is 11.3 Å². The number of nitrogens with zero attached hydrogens (tertiary/aromatic N) is 2. The lowest BCUT2D eigenvalue weighted by molar-refractivity contribution is 0.830. The number of hydrogen-bond acceptors (Lipinski definition) is 4. The summed E-state index contributed by atoms with van der Waals surface area (Å²) in [6.45, 7) is 3.85. The minimum atomic E-state index is 0.795. The number of hydrogen-bond donors (Lipinski definition) is 1. The summed E-state index contributed by atoms with van der Waals surface area (Å²) in [6, 6.07) is 16.3. The van der Waals surface area contributed by atoms with Gasteiger partial charge in [0, 0.05) is 18.8 Å². The summed E-state index contributed by atoms with van der Waals surface area (Å²) in [5.41, 5.74) is 9.08. The van der Waals surface area contributed by atoms with Crippen LogP contribution in [0.3, 0.4) is 0 Å². The molecule has 0 fully saturated rings. The molecule has 0 saturated carbocycles. The van der Waals surface area contributed by atoms with E-state index < -0.39 is 0 Å². The molecule has 1 aromatic heterocycles. The van der Waals surface area contributed by atoms with Gasteiger partial charge in [-0.1, -0.05) is 41.7 Å². The van der Waals surface area contributed by atoms with Crippen molar-refractivity contribution in [2.24, 2.45) is 0 Å². The summed E-state index contributed by atoms with van der Waals surface area (Å²) < 4.78 is 1.22. The predicted molar refractivity (Wildman–Crippen MR) is 87.2 cm³/mol.